The highest BCUT2D eigenvalue weighted by molar-refractivity contribution is 5.76. The van der Waals surface area contributed by atoms with E-state index in [1.165, 1.54) is 18.7 Å². The Bertz CT molecular complexity index is 1040. The van der Waals surface area contributed by atoms with Gasteiger partial charge in [-0.05, 0) is 35.6 Å². The predicted molar refractivity (Wildman–Crippen MR) is 99.3 cm³/mol. The van der Waals surface area contributed by atoms with Crippen molar-refractivity contribution in [2.45, 2.75) is 32.6 Å². The Morgan fingerprint density at radius 2 is 1.89 bits per heavy atom. The maximum absolute atomic E-state index is 12.8. The summed E-state index contributed by atoms with van der Waals surface area (Å²) in [6.45, 7) is 2.50. The number of nitrogens with zero attached hydrogens (tertiary/aromatic N) is 2. The predicted octanol–water partition coefficient (Wildman–Crippen LogP) is 0.132. The molecule has 0 bridgehead atoms. The zero-order chi connectivity index (χ0) is 19.9. The number of aromatic nitrogens is 2. The Hall–Kier alpha value is -2.71. The van der Waals surface area contributed by atoms with E-state index in [0.717, 1.165) is 26.8 Å². The number of ether oxygens (including phenoxy) is 2. The molecule has 0 saturated heterocycles. The Morgan fingerprint density at radius 1 is 1.22 bits per heavy atom. The fourth-order valence-electron chi connectivity index (χ4n) is 3.49. The molecule has 1 aromatic heterocycles. The third kappa shape index (κ3) is 3.11. The molecule has 8 nitrogen and oxygen atoms in total. The van der Waals surface area contributed by atoms with Gasteiger partial charge in [-0.1, -0.05) is 12.1 Å². The summed E-state index contributed by atoms with van der Waals surface area (Å²) in [6.07, 6.45) is 0.322. The fraction of sp³-hybridized carbons (Fsp3) is 0.421. The maximum atomic E-state index is 12.8. The van der Waals surface area contributed by atoms with Gasteiger partial charge in [0.2, 0.25) is 0 Å². The van der Waals surface area contributed by atoms with Crippen molar-refractivity contribution in [2.75, 3.05) is 7.11 Å². The third-order valence-corrected chi connectivity index (χ3v) is 5.19. The quantitative estimate of drug-likeness (QED) is 0.764. The van der Waals surface area contributed by atoms with Gasteiger partial charge in [0, 0.05) is 19.8 Å². The van der Waals surface area contributed by atoms with Crippen LogP contribution in [0.25, 0.3) is 11.1 Å². The molecule has 0 radical (unpaired) electrons. The molecule has 2 aromatic rings. The third-order valence-electron chi connectivity index (χ3n) is 5.19. The van der Waals surface area contributed by atoms with E-state index >= 15 is 0 Å². The molecule has 1 aliphatic heterocycles. The van der Waals surface area contributed by atoms with E-state index in [-0.39, 0.29) is 11.2 Å². The SMILES string of the molecule is COC(=O)[C@@H](N)Cc1ccc(-c2c(C)n(C)c(=O)n(C)c2=O)c2c1COC2. The smallest absolute Gasteiger partial charge is 0.330 e. The van der Waals surface area contributed by atoms with Crippen molar-refractivity contribution in [3.63, 3.8) is 0 Å². The van der Waals surface area contributed by atoms with Crippen LogP contribution in [-0.2, 0) is 48.0 Å². The van der Waals surface area contributed by atoms with Crippen molar-refractivity contribution >= 4 is 5.97 Å². The standard InChI is InChI=1S/C19H23N3O5/c1-10-16(17(23)22(3)19(25)21(10)2)12-6-5-11(7-15(20)18(24)26-4)13-8-27-9-14(12)13/h5-6,15H,7-9,20H2,1-4H3/t15-/m0/s1. The van der Waals surface area contributed by atoms with Crippen LogP contribution in [0.2, 0.25) is 0 Å². The molecule has 1 atom stereocenters. The van der Waals surface area contributed by atoms with Gasteiger partial charge in [0.1, 0.15) is 6.04 Å². The maximum Gasteiger partial charge on any atom is 0.330 e. The van der Waals surface area contributed by atoms with Crippen molar-refractivity contribution in [3.8, 4) is 11.1 Å². The van der Waals surface area contributed by atoms with E-state index in [0.29, 0.717) is 30.9 Å². The van der Waals surface area contributed by atoms with Crippen molar-refractivity contribution in [2.24, 2.45) is 19.8 Å². The summed E-state index contributed by atoms with van der Waals surface area (Å²) < 4.78 is 12.9. The minimum Gasteiger partial charge on any atom is -0.468 e. The van der Waals surface area contributed by atoms with Gasteiger partial charge in [0.25, 0.3) is 5.56 Å². The number of fused-ring (bicyclic) bond motifs is 1. The molecule has 0 unspecified atom stereocenters. The second kappa shape index (κ2) is 7.13. The highest BCUT2D eigenvalue weighted by Crippen LogP contribution is 2.33. The number of nitrogens with two attached hydrogens (primary N) is 1. The molecular weight excluding hydrogens is 350 g/mol. The average molecular weight is 373 g/mol. The summed E-state index contributed by atoms with van der Waals surface area (Å²) in [5.41, 5.74) is 9.72. The molecule has 8 heteroatoms. The summed E-state index contributed by atoms with van der Waals surface area (Å²) in [7, 11) is 4.41. The number of benzene rings is 1. The first-order valence-electron chi connectivity index (χ1n) is 8.59. The van der Waals surface area contributed by atoms with Crippen LogP contribution < -0.4 is 17.0 Å². The lowest BCUT2D eigenvalue weighted by Crippen LogP contribution is -2.39. The summed E-state index contributed by atoms with van der Waals surface area (Å²) in [5.74, 6) is -0.477. The van der Waals surface area contributed by atoms with Gasteiger partial charge in [-0.3, -0.25) is 14.2 Å². The lowest BCUT2D eigenvalue weighted by molar-refractivity contribution is -0.142. The summed E-state index contributed by atoms with van der Waals surface area (Å²) in [6, 6.07) is 2.93. The van der Waals surface area contributed by atoms with Gasteiger partial charge in [-0.15, -0.1) is 0 Å². The number of esters is 1. The Kier molecular flexibility index (Phi) is 5.03. The summed E-state index contributed by atoms with van der Waals surface area (Å²) >= 11 is 0. The monoisotopic (exact) mass is 373 g/mol. The van der Waals surface area contributed by atoms with Gasteiger partial charge in [0.05, 0.1) is 25.9 Å². The van der Waals surface area contributed by atoms with Crippen molar-refractivity contribution in [1.82, 2.24) is 9.13 Å². The number of carbonyl (C=O) groups excluding carboxylic acids is 1. The normalized spacial score (nSPS) is 14.1. The first-order valence-corrected chi connectivity index (χ1v) is 8.59. The van der Waals surface area contributed by atoms with Crippen LogP contribution in [0.3, 0.4) is 0 Å². The summed E-state index contributed by atoms with van der Waals surface area (Å²) in [5, 5.41) is 0. The molecule has 2 heterocycles. The number of carbonyl (C=O) groups is 1. The lowest BCUT2D eigenvalue weighted by atomic mass is 9.91. The number of hydrogen-bond donors (Lipinski definition) is 1. The number of methoxy groups -OCH3 is 1. The van der Waals surface area contributed by atoms with Crippen LogP contribution in [0, 0.1) is 6.92 Å². The van der Waals surface area contributed by atoms with E-state index in [1.807, 2.05) is 12.1 Å². The van der Waals surface area contributed by atoms with E-state index in [9.17, 15) is 14.4 Å². The van der Waals surface area contributed by atoms with E-state index in [2.05, 4.69) is 0 Å². The zero-order valence-electron chi connectivity index (χ0n) is 15.9. The van der Waals surface area contributed by atoms with E-state index < -0.39 is 12.0 Å². The minimum atomic E-state index is -0.766. The molecule has 27 heavy (non-hydrogen) atoms. The first kappa shape index (κ1) is 19.1. The Morgan fingerprint density at radius 3 is 2.56 bits per heavy atom. The zero-order valence-corrected chi connectivity index (χ0v) is 15.9. The minimum absolute atomic E-state index is 0.322. The molecule has 0 saturated carbocycles. The number of hydrogen-bond acceptors (Lipinski definition) is 6. The molecule has 0 spiro atoms. The second-order valence-electron chi connectivity index (χ2n) is 6.72. The molecular formula is C19H23N3O5. The highest BCUT2D eigenvalue weighted by Gasteiger charge is 2.25. The first-order chi connectivity index (χ1) is 12.8. The van der Waals surface area contributed by atoms with E-state index in [1.54, 1.807) is 14.0 Å². The number of rotatable bonds is 4. The highest BCUT2D eigenvalue weighted by atomic mass is 16.5. The average Bonchev–Trinajstić information content (AvgIpc) is 3.16. The van der Waals surface area contributed by atoms with Crippen LogP contribution in [0.1, 0.15) is 22.4 Å². The Balaban J connectivity index is 2.16. The van der Waals surface area contributed by atoms with Crippen molar-refractivity contribution in [3.05, 3.63) is 55.4 Å². The van der Waals surface area contributed by atoms with Gasteiger partial charge >= 0.3 is 11.7 Å². The van der Waals surface area contributed by atoms with Crippen molar-refractivity contribution in [1.29, 1.82) is 0 Å². The van der Waals surface area contributed by atoms with Gasteiger partial charge in [-0.2, -0.15) is 0 Å². The van der Waals surface area contributed by atoms with Gasteiger partial charge in [0.15, 0.2) is 0 Å². The fourth-order valence-corrected chi connectivity index (χ4v) is 3.49. The van der Waals surface area contributed by atoms with Crippen LogP contribution in [0.5, 0.6) is 0 Å². The molecule has 3 rings (SSSR count). The molecule has 1 aromatic carbocycles. The van der Waals surface area contributed by atoms with Gasteiger partial charge in [-0.25, -0.2) is 4.79 Å². The van der Waals surface area contributed by atoms with Crippen LogP contribution in [0.4, 0.5) is 0 Å². The lowest BCUT2D eigenvalue weighted by Gasteiger charge is -2.17. The topological polar surface area (TPSA) is 106 Å². The van der Waals surface area contributed by atoms with Crippen molar-refractivity contribution < 1.29 is 14.3 Å². The second-order valence-corrected chi connectivity index (χ2v) is 6.72. The molecule has 0 fully saturated rings. The molecule has 2 N–H and O–H groups in total. The molecule has 0 aliphatic carbocycles. The van der Waals surface area contributed by atoms with Crippen LogP contribution in [0.15, 0.2) is 21.7 Å². The van der Waals surface area contributed by atoms with E-state index in [4.69, 9.17) is 15.2 Å². The van der Waals surface area contributed by atoms with Crippen LogP contribution >= 0.6 is 0 Å². The molecule has 0 amide bonds. The van der Waals surface area contributed by atoms with Gasteiger partial charge < -0.3 is 19.8 Å². The Labute approximate surface area is 156 Å². The molecule has 1 aliphatic rings. The molecule has 144 valence electrons. The summed E-state index contributed by atoms with van der Waals surface area (Å²) in [4.78, 5) is 36.6. The van der Waals surface area contributed by atoms with Crippen LogP contribution in [-0.4, -0.2) is 28.3 Å². The largest absolute Gasteiger partial charge is 0.468 e.